The lowest BCUT2D eigenvalue weighted by Gasteiger charge is -2.20. The molecule has 1 aliphatic rings. The Hall–Kier alpha value is -4.13. The Bertz CT molecular complexity index is 1240. The molecular weight excluding hydrogens is 444 g/mol. The Morgan fingerprint density at radius 3 is 2.17 bits per heavy atom. The number of carboxylic acids is 1. The smallest absolute Gasteiger partial charge is 0.411 e. The number of carbonyl (C=O) groups is 3. The Morgan fingerprint density at radius 2 is 1.60 bits per heavy atom. The monoisotopic (exact) mass is 472 g/mol. The SMILES string of the molecule is Cc1cc(C(=O)N(C)CC(C)C(=O)O)ccc1NC(=O)OCC1c2ccccc2-c2ccccc21. The number of carbonyl (C=O) groups excluding carboxylic acids is 2. The fraction of sp³-hybridized carbons (Fsp3) is 0.250. The molecule has 0 aliphatic heterocycles. The molecule has 1 atom stereocenters. The molecule has 0 radical (unpaired) electrons. The van der Waals surface area contributed by atoms with Gasteiger partial charge in [-0.05, 0) is 52.9 Å². The summed E-state index contributed by atoms with van der Waals surface area (Å²) in [5, 5.41) is 11.8. The zero-order valence-electron chi connectivity index (χ0n) is 19.9. The van der Waals surface area contributed by atoms with Gasteiger partial charge < -0.3 is 14.7 Å². The summed E-state index contributed by atoms with van der Waals surface area (Å²) in [4.78, 5) is 37.7. The molecule has 0 saturated carbocycles. The van der Waals surface area contributed by atoms with Crippen molar-refractivity contribution in [1.29, 1.82) is 0 Å². The molecule has 0 bridgehead atoms. The van der Waals surface area contributed by atoms with Gasteiger partial charge in [-0.3, -0.25) is 14.9 Å². The standard InChI is InChI=1S/C28H28N2O5/c1-17-14-19(26(31)30(3)15-18(2)27(32)33)12-13-25(17)29-28(34)35-16-24-22-10-6-4-8-20(22)21-9-5-7-11-23(21)24/h4-14,18,24H,15-16H2,1-3H3,(H,29,34)(H,32,33). The summed E-state index contributed by atoms with van der Waals surface area (Å²) < 4.78 is 5.60. The van der Waals surface area contributed by atoms with Crippen molar-refractivity contribution < 1.29 is 24.2 Å². The maximum absolute atomic E-state index is 12.7. The molecule has 4 rings (SSSR count). The lowest BCUT2D eigenvalue weighted by Crippen LogP contribution is -2.33. The van der Waals surface area contributed by atoms with E-state index in [0.29, 0.717) is 16.8 Å². The molecule has 0 spiro atoms. The van der Waals surface area contributed by atoms with Crippen molar-refractivity contribution in [3.63, 3.8) is 0 Å². The van der Waals surface area contributed by atoms with Crippen LogP contribution in [0.25, 0.3) is 11.1 Å². The van der Waals surface area contributed by atoms with Crippen molar-refractivity contribution in [1.82, 2.24) is 4.90 Å². The van der Waals surface area contributed by atoms with Crippen LogP contribution in [0, 0.1) is 12.8 Å². The lowest BCUT2D eigenvalue weighted by molar-refractivity contribution is -0.141. The minimum atomic E-state index is -0.955. The van der Waals surface area contributed by atoms with E-state index < -0.39 is 18.0 Å². The van der Waals surface area contributed by atoms with Crippen LogP contribution in [-0.4, -0.2) is 48.2 Å². The second-order valence-corrected chi connectivity index (χ2v) is 8.91. The lowest BCUT2D eigenvalue weighted by atomic mass is 9.98. The number of aryl methyl sites for hydroxylation is 1. The first-order chi connectivity index (χ1) is 16.8. The highest BCUT2D eigenvalue weighted by Crippen LogP contribution is 2.44. The summed E-state index contributed by atoms with van der Waals surface area (Å²) in [6.45, 7) is 3.66. The molecule has 1 aliphatic carbocycles. The second-order valence-electron chi connectivity index (χ2n) is 8.91. The number of ether oxygens (including phenoxy) is 1. The Balaban J connectivity index is 1.39. The van der Waals surface area contributed by atoms with Gasteiger partial charge in [0.15, 0.2) is 0 Å². The average molecular weight is 473 g/mol. The van der Waals surface area contributed by atoms with E-state index in [4.69, 9.17) is 9.84 Å². The van der Waals surface area contributed by atoms with Crippen LogP contribution in [0.1, 0.15) is 39.9 Å². The number of aliphatic carboxylic acids is 1. The van der Waals surface area contributed by atoms with Gasteiger partial charge in [0.05, 0.1) is 5.92 Å². The minimum Gasteiger partial charge on any atom is -0.481 e. The van der Waals surface area contributed by atoms with Crippen LogP contribution in [-0.2, 0) is 9.53 Å². The molecule has 0 aromatic heterocycles. The van der Waals surface area contributed by atoms with Crippen molar-refractivity contribution in [3.05, 3.63) is 89.0 Å². The maximum Gasteiger partial charge on any atom is 0.411 e. The normalized spacial score (nSPS) is 12.9. The second kappa shape index (κ2) is 10.0. The van der Waals surface area contributed by atoms with Crippen molar-refractivity contribution in [2.24, 2.45) is 5.92 Å². The Kier molecular flexibility index (Phi) is 6.87. The molecule has 3 aromatic carbocycles. The number of benzene rings is 3. The molecule has 1 unspecified atom stereocenters. The highest BCUT2D eigenvalue weighted by atomic mass is 16.5. The van der Waals surface area contributed by atoms with Crippen LogP contribution in [0.5, 0.6) is 0 Å². The number of rotatable bonds is 7. The van der Waals surface area contributed by atoms with Crippen LogP contribution in [0.15, 0.2) is 66.7 Å². The van der Waals surface area contributed by atoms with Gasteiger partial charge in [-0.15, -0.1) is 0 Å². The molecule has 180 valence electrons. The number of nitrogens with zero attached hydrogens (tertiary/aromatic N) is 1. The van der Waals surface area contributed by atoms with E-state index in [9.17, 15) is 14.4 Å². The van der Waals surface area contributed by atoms with Crippen LogP contribution in [0.3, 0.4) is 0 Å². The number of fused-ring (bicyclic) bond motifs is 3. The van der Waals surface area contributed by atoms with Crippen LogP contribution >= 0.6 is 0 Å². The largest absolute Gasteiger partial charge is 0.481 e. The number of anilines is 1. The third kappa shape index (κ3) is 5.04. The first kappa shape index (κ1) is 24.0. The first-order valence-corrected chi connectivity index (χ1v) is 11.5. The predicted molar refractivity (Wildman–Crippen MR) is 134 cm³/mol. The Morgan fingerprint density at radius 1 is 1.00 bits per heavy atom. The zero-order valence-corrected chi connectivity index (χ0v) is 19.9. The van der Waals surface area contributed by atoms with Crippen LogP contribution in [0.2, 0.25) is 0 Å². The highest BCUT2D eigenvalue weighted by molar-refractivity contribution is 5.96. The van der Waals surface area contributed by atoms with Gasteiger partial charge in [-0.2, -0.15) is 0 Å². The molecule has 2 amide bonds. The molecule has 0 saturated heterocycles. The molecule has 2 N–H and O–H groups in total. The minimum absolute atomic E-state index is 0.0297. The van der Waals surface area contributed by atoms with Crippen LogP contribution < -0.4 is 5.32 Å². The third-order valence-electron chi connectivity index (χ3n) is 6.37. The molecule has 0 fully saturated rings. The highest BCUT2D eigenvalue weighted by Gasteiger charge is 2.29. The molecule has 3 aromatic rings. The van der Waals surface area contributed by atoms with Crippen molar-refractivity contribution >= 4 is 23.7 Å². The first-order valence-electron chi connectivity index (χ1n) is 11.5. The van der Waals surface area contributed by atoms with Crippen molar-refractivity contribution in [2.45, 2.75) is 19.8 Å². The topological polar surface area (TPSA) is 95.9 Å². The molecule has 7 heteroatoms. The van der Waals surface area contributed by atoms with E-state index in [2.05, 4.69) is 29.6 Å². The number of hydrogen-bond donors (Lipinski definition) is 2. The summed E-state index contributed by atoms with van der Waals surface area (Å²) in [5.41, 5.74) is 6.26. The number of nitrogens with one attached hydrogen (secondary N) is 1. The van der Waals surface area contributed by atoms with E-state index in [1.54, 1.807) is 39.1 Å². The fourth-order valence-corrected chi connectivity index (χ4v) is 4.47. The molecule has 0 heterocycles. The van der Waals surface area contributed by atoms with Gasteiger partial charge >= 0.3 is 12.1 Å². The van der Waals surface area contributed by atoms with E-state index in [1.807, 2.05) is 24.3 Å². The van der Waals surface area contributed by atoms with Crippen LogP contribution in [0.4, 0.5) is 10.5 Å². The van der Waals surface area contributed by atoms with E-state index in [-0.39, 0.29) is 25.0 Å². The summed E-state index contributed by atoms with van der Waals surface area (Å²) in [6.07, 6.45) is -0.568. The molecule has 35 heavy (non-hydrogen) atoms. The summed E-state index contributed by atoms with van der Waals surface area (Å²) in [5.74, 6) is -1.94. The van der Waals surface area contributed by atoms with Gasteiger partial charge in [0.25, 0.3) is 5.91 Å². The zero-order chi connectivity index (χ0) is 25.1. The predicted octanol–water partition coefficient (Wildman–Crippen LogP) is 5.15. The fourth-order valence-electron chi connectivity index (χ4n) is 4.47. The number of carboxylic acid groups (broad SMARTS) is 1. The average Bonchev–Trinajstić information content (AvgIpc) is 3.17. The Labute approximate surface area is 204 Å². The molecule has 7 nitrogen and oxygen atoms in total. The van der Waals surface area contributed by atoms with Gasteiger partial charge in [-0.25, -0.2) is 4.79 Å². The third-order valence-corrected chi connectivity index (χ3v) is 6.37. The number of hydrogen-bond acceptors (Lipinski definition) is 4. The van der Waals surface area contributed by atoms with E-state index in [1.165, 1.54) is 4.90 Å². The summed E-state index contributed by atoms with van der Waals surface area (Å²) in [6, 6.07) is 21.2. The van der Waals surface area contributed by atoms with E-state index >= 15 is 0 Å². The number of amides is 2. The van der Waals surface area contributed by atoms with Gasteiger partial charge in [-0.1, -0.05) is 55.5 Å². The quantitative estimate of drug-likeness (QED) is 0.496. The van der Waals surface area contributed by atoms with Gasteiger partial charge in [0.2, 0.25) is 0 Å². The van der Waals surface area contributed by atoms with E-state index in [0.717, 1.165) is 22.3 Å². The van der Waals surface area contributed by atoms with Gasteiger partial charge in [0.1, 0.15) is 6.61 Å². The summed E-state index contributed by atoms with van der Waals surface area (Å²) in [7, 11) is 1.57. The maximum atomic E-state index is 12.7. The van der Waals surface area contributed by atoms with Crippen molar-refractivity contribution in [2.75, 3.05) is 25.5 Å². The van der Waals surface area contributed by atoms with Gasteiger partial charge in [0, 0.05) is 30.8 Å². The molecular formula is C28H28N2O5. The summed E-state index contributed by atoms with van der Waals surface area (Å²) >= 11 is 0. The van der Waals surface area contributed by atoms with Crippen molar-refractivity contribution in [3.8, 4) is 11.1 Å².